The van der Waals surface area contributed by atoms with Crippen molar-refractivity contribution in [2.45, 2.75) is 13.5 Å². The lowest BCUT2D eigenvalue weighted by atomic mass is 10.1. The quantitative estimate of drug-likeness (QED) is 0.456. The molecule has 0 saturated carbocycles. The largest absolute Gasteiger partial charge is 0.489 e. The predicted octanol–water partition coefficient (Wildman–Crippen LogP) is 4.61. The average molecular weight is 360 g/mol. The number of hydrogen-bond donors (Lipinski definition) is 0. The van der Waals surface area contributed by atoms with Gasteiger partial charge in [-0.15, -0.1) is 0 Å². The van der Waals surface area contributed by atoms with E-state index in [-0.39, 0.29) is 12.4 Å². The van der Waals surface area contributed by atoms with E-state index in [1.807, 2.05) is 49.4 Å². The third kappa shape index (κ3) is 5.28. The van der Waals surface area contributed by atoms with E-state index in [2.05, 4.69) is 0 Å². The van der Waals surface area contributed by atoms with Crippen LogP contribution in [0.15, 0.2) is 78.9 Å². The van der Waals surface area contributed by atoms with Gasteiger partial charge in [-0.2, -0.15) is 0 Å². The Bertz CT molecular complexity index is 897. The molecule has 0 heterocycles. The van der Waals surface area contributed by atoms with Gasteiger partial charge in [0.2, 0.25) is 0 Å². The van der Waals surface area contributed by atoms with Gasteiger partial charge in [0.1, 0.15) is 12.4 Å². The first-order valence-corrected chi connectivity index (χ1v) is 8.65. The molecule has 0 aliphatic carbocycles. The van der Waals surface area contributed by atoms with Crippen LogP contribution in [0.3, 0.4) is 0 Å². The van der Waals surface area contributed by atoms with Crippen LogP contribution >= 0.6 is 0 Å². The van der Waals surface area contributed by atoms with Gasteiger partial charge >= 0.3 is 5.97 Å². The maximum Gasteiger partial charge on any atom is 0.338 e. The summed E-state index contributed by atoms with van der Waals surface area (Å²) in [5.41, 5.74) is 3.03. The molecule has 27 heavy (non-hydrogen) atoms. The minimum absolute atomic E-state index is 0.230. The van der Waals surface area contributed by atoms with Gasteiger partial charge in [-0.1, -0.05) is 60.2 Å². The summed E-state index contributed by atoms with van der Waals surface area (Å²) in [5, 5.41) is 0. The number of rotatable bonds is 7. The Balaban J connectivity index is 1.51. The van der Waals surface area contributed by atoms with Crippen LogP contribution < -0.4 is 4.74 Å². The van der Waals surface area contributed by atoms with Crippen molar-refractivity contribution in [3.63, 3.8) is 0 Å². The fourth-order valence-electron chi connectivity index (χ4n) is 2.47. The molecule has 3 rings (SSSR count). The van der Waals surface area contributed by atoms with Crippen LogP contribution in [-0.2, 0) is 11.3 Å². The standard InChI is InChI=1S/C23H20O4/c1-17-7-9-19(10-8-17)22(24)16-27-23(25)20-11-13-21(14-12-20)26-15-18-5-3-2-4-6-18/h2-14H,15-16H2,1H3. The van der Waals surface area contributed by atoms with Gasteiger partial charge in [-0.3, -0.25) is 4.79 Å². The number of aryl methyl sites for hydroxylation is 1. The van der Waals surface area contributed by atoms with Gasteiger partial charge in [0.05, 0.1) is 5.56 Å². The Morgan fingerprint density at radius 1 is 0.778 bits per heavy atom. The van der Waals surface area contributed by atoms with Crippen LogP contribution in [0.5, 0.6) is 5.75 Å². The maximum absolute atomic E-state index is 12.1. The van der Waals surface area contributed by atoms with E-state index in [1.54, 1.807) is 36.4 Å². The molecule has 0 aromatic heterocycles. The second-order valence-corrected chi connectivity index (χ2v) is 6.16. The third-order valence-electron chi connectivity index (χ3n) is 4.05. The molecular weight excluding hydrogens is 340 g/mol. The zero-order chi connectivity index (χ0) is 19.1. The summed E-state index contributed by atoms with van der Waals surface area (Å²) in [7, 11) is 0. The second kappa shape index (κ2) is 8.81. The molecule has 4 nitrogen and oxygen atoms in total. The summed E-state index contributed by atoms with van der Waals surface area (Å²) >= 11 is 0. The van der Waals surface area contributed by atoms with Gasteiger partial charge in [-0.25, -0.2) is 4.79 Å². The van der Waals surface area contributed by atoms with Crippen molar-refractivity contribution >= 4 is 11.8 Å². The molecule has 0 bridgehead atoms. The van der Waals surface area contributed by atoms with Gasteiger partial charge < -0.3 is 9.47 Å². The van der Waals surface area contributed by atoms with E-state index in [9.17, 15) is 9.59 Å². The summed E-state index contributed by atoms with van der Waals surface area (Å²) in [5.74, 6) is -0.109. The highest BCUT2D eigenvalue weighted by Crippen LogP contribution is 2.15. The van der Waals surface area contributed by atoms with Crippen molar-refractivity contribution in [1.82, 2.24) is 0 Å². The van der Waals surface area contributed by atoms with Gasteiger partial charge in [0, 0.05) is 5.56 Å². The maximum atomic E-state index is 12.1. The highest BCUT2D eigenvalue weighted by Gasteiger charge is 2.12. The summed E-state index contributed by atoms with van der Waals surface area (Å²) in [6.07, 6.45) is 0. The van der Waals surface area contributed by atoms with E-state index in [0.717, 1.165) is 11.1 Å². The van der Waals surface area contributed by atoms with E-state index in [0.29, 0.717) is 23.5 Å². The monoisotopic (exact) mass is 360 g/mol. The fourth-order valence-corrected chi connectivity index (χ4v) is 2.47. The highest BCUT2D eigenvalue weighted by molar-refractivity contribution is 5.99. The number of benzene rings is 3. The van der Waals surface area contributed by atoms with Crippen molar-refractivity contribution in [2.75, 3.05) is 6.61 Å². The lowest BCUT2D eigenvalue weighted by Crippen LogP contribution is -2.14. The number of esters is 1. The number of Topliss-reactive ketones (excluding diaryl/α,β-unsaturated/α-hetero) is 1. The lowest BCUT2D eigenvalue weighted by molar-refractivity contribution is 0.0474. The first-order chi connectivity index (χ1) is 13.1. The van der Waals surface area contributed by atoms with Crippen molar-refractivity contribution in [1.29, 1.82) is 0 Å². The Kier molecular flexibility index (Phi) is 6.00. The van der Waals surface area contributed by atoms with Gasteiger partial charge in [0.25, 0.3) is 0 Å². The average Bonchev–Trinajstić information content (AvgIpc) is 2.72. The summed E-state index contributed by atoms with van der Waals surface area (Å²) < 4.78 is 10.8. The molecule has 0 saturated heterocycles. The molecule has 3 aromatic rings. The van der Waals surface area contributed by atoms with Gasteiger partial charge in [-0.05, 0) is 36.8 Å². The van der Waals surface area contributed by atoms with E-state index >= 15 is 0 Å². The lowest BCUT2D eigenvalue weighted by Gasteiger charge is -2.08. The Morgan fingerprint density at radius 2 is 1.41 bits per heavy atom. The van der Waals surface area contributed by atoms with Crippen LogP contribution in [0.1, 0.15) is 31.8 Å². The van der Waals surface area contributed by atoms with Crippen molar-refractivity contribution in [3.05, 3.63) is 101 Å². The molecule has 0 unspecified atom stereocenters. The molecule has 136 valence electrons. The number of carbonyl (C=O) groups is 2. The summed E-state index contributed by atoms with van der Waals surface area (Å²) in [4.78, 5) is 24.2. The van der Waals surface area contributed by atoms with E-state index in [1.165, 1.54) is 0 Å². The van der Waals surface area contributed by atoms with Crippen LogP contribution in [0, 0.1) is 6.92 Å². The van der Waals surface area contributed by atoms with Crippen molar-refractivity contribution < 1.29 is 19.1 Å². The normalized spacial score (nSPS) is 10.3. The number of carbonyl (C=O) groups excluding carboxylic acids is 2. The predicted molar refractivity (Wildman–Crippen MR) is 103 cm³/mol. The van der Waals surface area contributed by atoms with Crippen molar-refractivity contribution in [2.24, 2.45) is 0 Å². The SMILES string of the molecule is Cc1ccc(C(=O)COC(=O)c2ccc(OCc3ccccc3)cc2)cc1. The molecule has 0 amide bonds. The number of ether oxygens (including phenoxy) is 2. The second-order valence-electron chi connectivity index (χ2n) is 6.16. The molecule has 0 aliphatic heterocycles. The smallest absolute Gasteiger partial charge is 0.338 e. The van der Waals surface area contributed by atoms with Crippen LogP contribution in [0.4, 0.5) is 0 Å². The Hall–Kier alpha value is -3.40. The minimum Gasteiger partial charge on any atom is -0.489 e. The van der Waals surface area contributed by atoms with Gasteiger partial charge in [0.15, 0.2) is 12.4 Å². The minimum atomic E-state index is -0.537. The summed E-state index contributed by atoms with van der Waals surface area (Å²) in [6, 6.07) is 23.6. The molecule has 3 aromatic carbocycles. The summed E-state index contributed by atoms with van der Waals surface area (Å²) in [6.45, 7) is 2.12. The van der Waals surface area contributed by atoms with Crippen molar-refractivity contribution in [3.8, 4) is 5.75 Å². The zero-order valence-corrected chi connectivity index (χ0v) is 15.1. The molecule has 0 spiro atoms. The fraction of sp³-hybridized carbons (Fsp3) is 0.130. The first kappa shape index (κ1) is 18.4. The number of ketones is 1. The first-order valence-electron chi connectivity index (χ1n) is 8.65. The Morgan fingerprint density at radius 3 is 2.07 bits per heavy atom. The highest BCUT2D eigenvalue weighted by atomic mass is 16.5. The Labute approximate surface area is 158 Å². The third-order valence-corrected chi connectivity index (χ3v) is 4.05. The van der Waals surface area contributed by atoms with Crippen LogP contribution in [0.2, 0.25) is 0 Å². The topological polar surface area (TPSA) is 52.6 Å². The number of hydrogen-bond acceptors (Lipinski definition) is 4. The zero-order valence-electron chi connectivity index (χ0n) is 15.1. The molecule has 0 aliphatic rings. The molecule has 4 heteroatoms. The molecule has 0 fully saturated rings. The van der Waals surface area contributed by atoms with E-state index < -0.39 is 5.97 Å². The molecule has 0 N–H and O–H groups in total. The van der Waals surface area contributed by atoms with E-state index in [4.69, 9.17) is 9.47 Å². The van der Waals surface area contributed by atoms with Crippen LogP contribution in [0.25, 0.3) is 0 Å². The van der Waals surface area contributed by atoms with Crippen LogP contribution in [-0.4, -0.2) is 18.4 Å². The molecular formula is C23H20O4. The molecule has 0 atom stereocenters. The molecule has 0 radical (unpaired) electrons.